The number of hydrogen-bond donors (Lipinski definition) is 0. The highest BCUT2D eigenvalue weighted by Gasteiger charge is 2.29. The highest BCUT2D eigenvalue weighted by atomic mass is 35.5. The molecule has 16 heavy (non-hydrogen) atoms. The van der Waals surface area contributed by atoms with Gasteiger partial charge >= 0.3 is 5.97 Å². The number of rotatable bonds is 2. The molecule has 0 fully saturated rings. The molecule has 1 unspecified atom stereocenters. The van der Waals surface area contributed by atoms with Gasteiger partial charge in [0.25, 0.3) is 6.29 Å². The van der Waals surface area contributed by atoms with Gasteiger partial charge in [0.15, 0.2) is 0 Å². The molecule has 0 saturated heterocycles. The molecule has 1 heterocycles. The molecule has 3 nitrogen and oxygen atoms in total. The predicted octanol–water partition coefficient (Wildman–Crippen LogP) is 2.94. The summed E-state index contributed by atoms with van der Waals surface area (Å²) in [4.78, 5) is 11.3. The van der Waals surface area contributed by atoms with Crippen molar-refractivity contribution < 1.29 is 14.3 Å². The zero-order valence-electron chi connectivity index (χ0n) is 8.99. The lowest BCUT2D eigenvalue weighted by molar-refractivity contribution is -0.149. The molecule has 0 saturated carbocycles. The largest absolute Gasteiger partial charge is 0.451 e. The first-order valence-electron chi connectivity index (χ1n) is 4.88. The molecular weight excluding hydrogens is 228 g/mol. The lowest BCUT2D eigenvalue weighted by Gasteiger charge is -2.14. The second-order valence-electron chi connectivity index (χ2n) is 3.62. The highest BCUT2D eigenvalue weighted by molar-refractivity contribution is 6.30. The van der Waals surface area contributed by atoms with Gasteiger partial charge in [-0.3, -0.25) is 0 Å². The number of esters is 1. The van der Waals surface area contributed by atoms with Crippen LogP contribution in [-0.4, -0.2) is 12.3 Å². The Balaban J connectivity index is 2.12. The molecule has 0 aromatic heterocycles. The van der Waals surface area contributed by atoms with Crippen LogP contribution in [0.5, 0.6) is 5.75 Å². The minimum atomic E-state index is -0.617. The standard InChI is InChI=1S/C12H11ClO3/c1-7-8(2)12(16-11(7)14)15-10-5-3-9(13)4-6-10/h3-6,12H,1-2H3. The second-order valence-corrected chi connectivity index (χ2v) is 4.05. The average molecular weight is 239 g/mol. The number of hydrogen-bond acceptors (Lipinski definition) is 3. The van der Waals surface area contributed by atoms with E-state index in [1.165, 1.54) is 0 Å². The lowest BCUT2D eigenvalue weighted by atomic mass is 10.2. The Morgan fingerprint density at radius 2 is 1.88 bits per heavy atom. The Hall–Kier alpha value is -1.48. The SMILES string of the molecule is CC1=C(C)C(Oc2ccc(Cl)cc2)OC1=O. The van der Waals surface area contributed by atoms with E-state index < -0.39 is 6.29 Å². The first kappa shape index (κ1) is 11.0. The number of cyclic esters (lactones) is 1. The normalized spacial score (nSPS) is 19.9. The van der Waals surface area contributed by atoms with E-state index in [9.17, 15) is 4.79 Å². The van der Waals surface area contributed by atoms with Crippen LogP contribution in [0.3, 0.4) is 0 Å². The Morgan fingerprint density at radius 1 is 1.25 bits per heavy atom. The van der Waals surface area contributed by atoms with Gasteiger partial charge in [0.1, 0.15) is 5.75 Å². The van der Waals surface area contributed by atoms with E-state index in [1.807, 2.05) is 6.92 Å². The first-order chi connectivity index (χ1) is 7.58. The smallest absolute Gasteiger partial charge is 0.337 e. The molecule has 0 radical (unpaired) electrons. The molecule has 1 aromatic rings. The summed E-state index contributed by atoms with van der Waals surface area (Å²) in [5.41, 5.74) is 1.42. The molecule has 84 valence electrons. The van der Waals surface area contributed by atoms with Gasteiger partial charge in [-0.05, 0) is 38.1 Å². The number of ether oxygens (including phenoxy) is 2. The summed E-state index contributed by atoms with van der Waals surface area (Å²) in [7, 11) is 0. The van der Waals surface area contributed by atoms with Gasteiger partial charge in [0.05, 0.1) is 0 Å². The van der Waals surface area contributed by atoms with Gasteiger partial charge in [-0.2, -0.15) is 0 Å². The Labute approximate surface area is 98.6 Å². The summed E-state index contributed by atoms with van der Waals surface area (Å²) in [6.45, 7) is 3.55. The number of benzene rings is 1. The Morgan fingerprint density at radius 3 is 2.38 bits per heavy atom. The van der Waals surface area contributed by atoms with Crippen LogP contribution in [0.4, 0.5) is 0 Å². The van der Waals surface area contributed by atoms with E-state index in [1.54, 1.807) is 31.2 Å². The van der Waals surface area contributed by atoms with Crippen molar-refractivity contribution >= 4 is 17.6 Å². The van der Waals surface area contributed by atoms with E-state index in [2.05, 4.69) is 0 Å². The minimum absolute atomic E-state index is 0.323. The maximum absolute atomic E-state index is 11.3. The zero-order chi connectivity index (χ0) is 11.7. The van der Waals surface area contributed by atoms with E-state index >= 15 is 0 Å². The third-order valence-corrected chi connectivity index (χ3v) is 2.77. The van der Waals surface area contributed by atoms with Crippen LogP contribution >= 0.6 is 11.6 Å². The molecule has 1 atom stereocenters. The summed E-state index contributed by atoms with van der Waals surface area (Å²) in [6.07, 6.45) is -0.617. The quantitative estimate of drug-likeness (QED) is 0.743. The molecule has 0 spiro atoms. The predicted molar refractivity (Wildman–Crippen MR) is 60.3 cm³/mol. The summed E-state index contributed by atoms with van der Waals surface area (Å²) in [6, 6.07) is 6.91. The maximum atomic E-state index is 11.3. The van der Waals surface area contributed by atoms with Crippen molar-refractivity contribution in [3.63, 3.8) is 0 Å². The fourth-order valence-corrected chi connectivity index (χ4v) is 1.49. The number of carbonyl (C=O) groups is 1. The number of halogens is 1. The van der Waals surface area contributed by atoms with Crippen molar-refractivity contribution in [1.82, 2.24) is 0 Å². The molecule has 0 bridgehead atoms. The van der Waals surface area contributed by atoms with E-state index in [4.69, 9.17) is 21.1 Å². The monoisotopic (exact) mass is 238 g/mol. The lowest BCUT2D eigenvalue weighted by Crippen LogP contribution is -2.18. The van der Waals surface area contributed by atoms with Gasteiger partial charge < -0.3 is 9.47 Å². The summed E-state index contributed by atoms with van der Waals surface area (Å²) in [5.74, 6) is 0.299. The van der Waals surface area contributed by atoms with Gasteiger partial charge in [-0.1, -0.05) is 11.6 Å². The van der Waals surface area contributed by atoms with E-state index in [0.717, 1.165) is 5.57 Å². The van der Waals surface area contributed by atoms with Gasteiger partial charge in [0, 0.05) is 16.2 Å². The van der Waals surface area contributed by atoms with Crippen molar-refractivity contribution in [3.05, 3.63) is 40.4 Å². The van der Waals surface area contributed by atoms with Crippen LogP contribution < -0.4 is 4.74 Å². The number of carbonyl (C=O) groups excluding carboxylic acids is 1. The van der Waals surface area contributed by atoms with Crippen molar-refractivity contribution in [2.24, 2.45) is 0 Å². The third-order valence-electron chi connectivity index (χ3n) is 2.52. The summed E-state index contributed by atoms with van der Waals surface area (Å²) >= 11 is 5.75. The van der Waals surface area contributed by atoms with Crippen LogP contribution in [0.15, 0.2) is 35.4 Å². The zero-order valence-corrected chi connectivity index (χ0v) is 9.75. The van der Waals surface area contributed by atoms with Gasteiger partial charge in [-0.15, -0.1) is 0 Å². The summed E-state index contributed by atoms with van der Waals surface area (Å²) in [5, 5.41) is 0.638. The molecular formula is C12H11ClO3. The molecule has 4 heteroatoms. The average Bonchev–Trinajstić information content (AvgIpc) is 2.50. The van der Waals surface area contributed by atoms with Crippen molar-refractivity contribution in [2.75, 3.05) is 0 Å². The fourth-order valence-electron chi connectivity index (χ4n) is 1.36. The van der Waals surface area contributed by atoms with Crippen LogP contribution in [0, 0.1) is 0 Å². The highest BCUT2D eigenvalue weighted by Crippen LogP contribution is 2.25. The van der Waals surface area contributed by atoms with Gasteiger partial charge in [0.2, 0.25) is 0 Å². The molecule has 2 rings (SSSR count). The molecule has 0 amide bonds. The first-order valence-corrected chi connectivity index (χ1v) is 5.26. The summed E-state index contributed by atoms with van der Waals surface area (Å²) < 4.78 is 10.6. The third kappa shape index (κ3) is 2.04. The minimum Gasteiger partial charge on any atom is -0.451 e. The van der Waals surface area contributed by atoms with Gasteiger partial charge in [-0.25, -0.2) is 4.79 Å². The second kappa shape index (κ2) is 4.18. The van der Waals surface area contributed by atoms with Crippen molar-refractivity contribution in [1.29, 1.82) is 0 Å². The van der Waals surface area contributed by atoms with Crippen LogP contribution in [0.1, 0.15) is 13.8 Å². The van der Waals surface area contributed by atoms with Crippen LogP contribution in [-0.2, 0) is 9.53 Å². The maximum Gasteiger partial charge on any atom is 0.337 e. The topological polar surface area (TPSA) is 35.5 Å². The Bertz CT molecular complexity index is 448. The molecule has 0 N–H and O–H groups in total. The molecule has 1 aromatic carbocycles. The molecule has 1 aliphatic heterocycles. The van der Waals surface area contributed by atoms with Crippen molar-refractivity contribution in [3.8, 4) is 5.75 Å². The molecule has 0 aliphatic carbocycles. The van der Waals surface area contributed by atoms with Crippen LogP contribution in [0.25, 0.3) is 0 Å². The van der Waals surface area contributed by atoms with Crippen LogP contribution in [0.2, 0.25) is 5.02 Å². The molecule has 1 aliphatic rings. The van der Waals surface area contributed by atoms with Crippen molar-refractivity contribution in [2.45, 2.75) is 20.1 Å². The Kier molecular flexibility index (Phi) is 2.88. The van der Waals surface area contributed by atoms with E-state index in [0.29, 0.717) is 16.3 Å². The van der Waals surface area contributed by atoms with E-state index in [-0.39, 0.29) is 5.97 Å². The fraction of sp³-hybridized carbons (Fsp3) is 0.250.